The van der Waals surface area contributed by atoms with Crippen LogP contribution in [0.15, 0.2) is 23.1 Å². The Morgan fingerprint density at radius 3 is 2.62 bits per heavy atom. The van der Waals surface area contributed by atoms with Crippen molar-refractivity contribution in [2.75, 3.05) is 52.4 Å². The van der Waals surface area contributed by atoms with Crippen LogP contribution in [0.4, 0.5) is 0 Å². The van der Waals surface area contributed by atoms with E-state index in [9.17, 15) is 13.2 Å². The number of carbonyl (C=O) groups excluding carboxylic acids is 1. The number of hydrogen-bond donors (Lipinski definition) is 0. The molecule has 2 saturated heterocycles. The van der Waals surface area contributed by atoms with Gasteiger partial charge in [-0.1, -0.05) is 13.0 Å². The minimum Gasteiger partial charge on any atom is -0.375 e. The summed E-state index contributed by atoms with van der Waals surface area (Å²) in [6, 6.07) is 5.57. The molecule has 4 rings (SSSR count). The van der Waals surface area contributed by atoms with Gasteiger partial charge in [-0.05, 0) is 48.9 Å². The smallest absolute Gasteiger partial charge is 0.243 e. The van der Waals surface area contributed by atoms with Crippen molar-refractivity contribution in [3.63, 3.8) is 0 Å². The molecule has 7 nitrogen and oxygen atoms in total. The highest BCUT2D eigenvalue weighted by molar-refractivity contribution is 7.89. The maximum Gasteiger partial charge on any atom is 0.243 e. The molecule has 29 heavy (non-hydrogen) atoms. The van der Waals surface area contributed by atoms with Crippen molar-refractivity contribution in [2.45, 2.75) is 43.6 Å². The van der Waals surface area contributed by atoms with Gasteiger partial charge in [-0.2, -0.15) is 4.31 Å². The van der Waals surface area contributed by atoms with Crippen LogP contribution in [-0.2, 0) is 32.4 Å². The van der Waals surface area contributed by atoms with E-state index in [1.807, 2.05) is 17.0 Å². The molecule has 1 unspecified atom stereocenters. The average Bonchev–Trinajstić information content (AvgIpc) is 3.22. The number of fused-ring (bicyclic) bond motifs is 1. The number of nitrogens with zero attached hydrogens (tertiary/aromatic N) is 3. The predicted octanol–water partition coefficient (Wildman–Crippen LogP) is 1.12. The fourth-order valence-electron chi connectivity index (χ4n) is 4.47. The van der Waals surface area contributed by atoms with E-state index in [0.717, 1.165) is 25.7 Å². The predicted molar refractivity (Wildman–Crippen MR) is 110 cm³/mol. The molecule has 2 aliphatic heterocycles. The molecule has 0 radical (unpaired) electrons. The van der Waals surface area contributed by atoms with Gasteiger partial charge >= 0.3 is 0 Å². The van der Waals surface area contributed by atoms with Crippen LogP contribution in [0.3, 0.4) is 0 Å². The van der Waals surface area contributed by atoms with Crippen LogP contribution in [0.25, 0.3) is 0 Å². The number of morpholine rings is 1. The first-order chi connectivity index (χ1) is 14.0. The zero-order valence-electron chi connectivity index (χ0n) is 17.2. The fraction of sp³-hybridized carbons (Fsp3) is 0.667. The summed E-state index contributed by atoms with van der Waals surface area (Å²) in [5.74, 6) is 0.113. The highest BCUT2D eigenvalue weighted by Crippen LogP contribution is 2.26. The Morgan fingerprint density at radius 1 is 1.10 bits per heavy atom. The topological polar surface area (TPSA) is 70.2 Å². The van der Waals surface area contributed by atoms with Crippen molar-refractivity contribution in [3.8, 4) is 0 Å². The molecule has 0 N–H and O–H groups in total. The van der Waals surface area contributed by atoms with Crippen molar-refractivity contribution < 1.29 is 17.9 Å². The van der Waals surface area contributed by atoms with Gasteiger partial charge in [0, 0.05) is 39.3 Å². The van der Waals surface area contributed by atoms with Gasteiger partial charge in [-0.25, -0.2) is 8.42 Å². The van der Waals surface area contributed by atoms with E-state index in [1.165, 1.54) is 11.1 Å². The lowest BCUT2D eigenvalue weighted by atomic mass is 10.1. The largest absolute Gasteiger partial charge is 0.375 e. The number of piperazine rings is 1. The Morgan fingerprint density at radius 2 is 1.86 bits per heavy atom. The normalized spacial score (nSPS) is 23.9. The van der Waals surface area contributed by atoms with E-state index in [1.54, 1.807) is 10.4 Å². The summed E-state index contributed by atoms with van der Waals surface area (Å²) in [6.07, 6.45) is 4.15. The summed E-state index contributed by atoms with van der Waals surface area (Å²) in [5, 5.41) is 0. The van der Waals surface area contributed by atoms with Gasteiger partial charge in [0.2, 0.25) is 15.9 Å². The maximum absolute atomic E-state index is 13.1. The van der Waals surface area contributed by atoms with E-state index in [-0.39, 0.29) is 12.0 Å². The Balaban J connectivity index is 1.32. The standard InChI is InChI=1S/C21H31N3O4S/c1-2-19-15-23(12-13-28-19)21(25)16-22-8-10-24(11-9-22)29(26,27)20-7-6-17-4-3-5-18(17)14-20/h6-7,14,19H,2-5,8-13,15-16H2,1H3. The molecule has 1 aromatic carbocycles. The number of rotatable bonds is 5. The molecular weight excluding hydrogens is 390 g/mol. The molecule has 160 valence electrons. The first-order valence-electron chi connectivity index (χ1n) is 10.7. The van der Waals surface area contributed by atoms with Gasteiger partial charge in [0.15, 0.2) is 0 Å². The van der Waals surface area contributed by atoms with Crippen molar-refractivity contribution in [1.29, 1.82) is 0 Å². The number of sulfonamides is 1. The summed E-state index contributed by atoms with van der Waals surface area (Å²) in [5.41, 5.74) is 2.45. The van der Waals surface area contributed by atoms with Crippen LogP contribution in [0, 0.1) is 0 Å². The van der Waals surface area contributed by atoms with E-state index in [4.69, 9.17) is 4.74 Å². The third-order valence-electron chi connectivity index (χ3n) is 6.34. The third kappa shape index (κ3) is 4.50. The number of ether oxygens (including phenoxy) is 1. The molecule has 0 spiro atoms. The number of hydrogen-bond acceptors (Lipinski definition) is 5. The second-order valence-electron chi connectivity index (χ2n) is 8.21. The Hall–Kier alpha value is -1.48. The summed E-state index contributed by atoms with van der Waals surface area (Å²) in [6.45, 7) is 6.32. The highest BCUT2D eigenvalue weighted by atomic mass is 32.2. The van der Waals surface area contributed by atoms with Gasteiger partial charge in [0.1, 0.15) is 0 Å². The van der Waals surface area contributed by atoms with Crippen molar-refractivity contribution in [1.82, 2.24) is 14.1 Å². The van der Waals surface area contributed by atoms with Gasteiger partial charge in [0.25, 0.3) is 0 Å². The molecule has 1 atom stereocenters. The molecule has 0 saturated carbocycles. The SMILES string of the molecule is CCC1CN(C(=O)CN2CCN(S(=O)(=O)c3ccc4c(c3)CCC4)CC2)CCO1. The van der Waals surface area contributed by atoms with Gasteiger partial charge in [0.05, 0.1) is 24.2 Å². The number of aryl methyl sites for hydroxylation is 2. The average molecular weight is 422 g/mol. The fourth-order valence-corrected chi connectivity index (χ4v) is 5.94. The molecule has 0 aromatic heterocycles. The zero-order chi connectivity index (χ0) is 20.4. The summed E-state index contributed by atoms with van der Waals surface area (Å²) in [4.78, 5) is 17.0. The van der Waals surface area contributed by atoms with Crippen molar-refractivity contribution in [3.05, 3.63) is 29.3 Å². The molecule has 1 aliphatic carbocycles. The van der Waals surface area contributed by atoms with E-state index >= 15 is 0 Å². The Bertz CT molecular complexity index is 849. The number of amides is 1. The Labute approximate surface area is 173 Å². The van der Waals surface area contributed by atoms with Crippen molar-refractivity contribution in [2.24, 2.45) is 0 Å². The second-order valence-corrected chi connectivity index (χ2v) is 10.1. The molecule has 1 amide bonds. The van der Waals surface area contributed by atoms with Gasteiger partial charge in [-0.3, -0.25) is 9.69 Å². The van der Waals surface area contributed by atoms with Crippen LogP contribution >= 0.6 is 0 Å². The van der Waals surface area contributed by atoms with Crippen LogP contribution in [-0.4, -0.2) is 87.0 Å². The van der Waals surface area contributed by atoms with Gasteiger partial charge < -0.3 is 9.64 Å². The molecule has 3 aliphatic rings. The lowest BCUT2D eigenvalue weighted by molar-refractivity contribution is -0.140. The summed E-state index contributed by atoms with van der Waals surface area (Å²) >= 11 is 0. The molecule has 1 aromatic rings. The lowest BCUT2D eigenvalue weighted by Gasteiger charge is -2.36. The van der Waals surface area contributed by atoms with E-state index < -0.39 is 10.0 Å². The summed E-state index contributed by atoms with van der Waals surface area (Å²) in [7, 11) is -3.47. The summed E-state index contributed by atoms with van der Waals surface area (Å²) < 4.78 is 33.3. The molecule has 2 heterocycles. The van der Waals surface area contributed by atoms with Gasteiger partial charge in [-0.15, -0.1) is 0 Å². The first kappa shape index (κ1) is 20.8. The monoisotopic (exact) mass is 421 g/mol. The second kappa shape index (κ2) is 8.71. The maximum atomic E-state index is 13.1. The zero-order valence-corrected chi connectivity index (χ0v) is 18.0. The lowest BCUT2D eigenvalue weighted by Crippen LogP contribution is -2.53. The number of benzene rings is 1. The molecular formula is C21H31N3O4S. The Kier molecular flexibility index (Phi) is 6.24. The quantitative estimate of drug-likeness (QED) is 0.713. The van der Waals surface area contributed by atoms with Crippen LogP contribution in [0.2, 0.25) is 0 Å². The molecule has 8 heteroatoms. The van der Waals surface area contributed by atoms with E-state index in [0.29, 0.717) is 57.3 Å². The third-order valence-corrected chi connectivity index (χ3v) is 8.24. The van der Waals surface area contributed by atoms with Crippen LogP contribution < -0.4 is 0 Å². The minimum atomic E-state index is -3.47. The minimum absolute atomic E-state index is 0.113. The van der Waals surface area contributed by atoms with Crippen LogP contribution in [0.1, 0.15) is 30.9 Å². The first-order valence-corrected chi connectivity index (χ1v) is 12.1. The van der Waals surface area contributed by atoms with Crippen LogP contribution in [0.5, 0.6) is 0 Å². The number of carbonyl (C=O) groups is 1. The van der Waals surface area contributed by atoms with Crippen molar-refractivity contribution >= 4 is 15.9 Å². The van der Waals surface area contributed by atoms with E-state index in [2.05, 4.69) is 11.8 Å². The highest BCUT2D eigenvalue weighted by Gasteiger charge is 2.31. The molecule has 0 bridgehead atoms. The molecule has 2 fully saturated rings.